The number of rotatable bonds is 14. The van der Waals surface area contributed by atoms with E-state index in [2.05, 4.69) is 6.92 Å². The first-order chi connectivity index (χ1) is 11.5. The zero-order valence-electron chi connectivity index (χ0n) is 15.2. The van der Waals surface area contributed by atoms with E-state index >= 15 is 0 Å². The van der Waals surface area contributed by atoms with Gasteiger partial charge in [0.1, 0.15) is 0 Å². The lowest BCUT2D eigenvalue weighted by Gasteiger charge is -2.25. The molecule has 1 saturated heterocycles. The van der Waals surface area contributed by atoms with Crippen LogP contribution in [0.25, 0.3) is 0 Å². The van der Waals surface area contributed by atoms with Gasteiger partial charge in [-0.1, -0.05) is 39.0 Å². The number of carbonyl (C=O) groups is 2. The molecule has 24 heavy (non-hydrogen) atoms. The number of aliphatic hydroxyl groups excluding tert-OH is 1. The Hall–Kier alpha value is -1.10. The molecular weight excluding hydrogens is 306 g/mol. The van der Waals surface area contributed by atoms with E-state index in [1.165, 1.54) is 12.8 Å². The molecule has 2 atom stereocenters. The topological polar surface area (TPSA) is 77.8 Å². The summed E-state index contributed by atoms with van der Waals surface area (Å²) in [5.41, 5.74) is 0. The van der Waals surface area contributed by atoms with E-state index in [0.29, 0.717) is 6.42 Å². The number of carboxylic acid groups (broad SMARTS) is 1. The normalized spacial score (nSPS) is 19.0. The molecule has 1 amide bonds. The third-order valence-corrected chi connectivity index (χ3v) is 4.97. The van der Waals surface area contributed by atoms with Gasteiger partial charge in [0.25, 0.3) is 0 Å². The molecule has 0 saturated carbocycles. The smallest absolute Gasteiger partial charge is 0.303 e. The van der Waals surface area contributed by atoms with E-state index < -0.39 is 5.97 Å². The molecule has 1 rings (SSSR count). The molecule has 5 nitrogen and oxygen atoms in total. The minimum atomic E-state index is -0.734. The number of hydrogen-bond acceptors (Lipinski definition) is 3. The third-order valence-electron chi connectivity index (χ3n) is 4.97. The summed E-state index contributed by atoms with van der Waals surface area (Å²) in [6, 6.07) is 0.289. The lowest BCUT2D eigenvalue weighted by molar-refractivity contribution is -0.137. The summed E-state index contributed by atoms with van der Waals surface area (Å²) in [6.45, 7) is 2.94. The number of amides is 1. The fourth-order valence-electron chi connectivity index (χ4n) is 3.47. The molecule has 0 bridgehead atoms. The number of unbranched alkanes of at least 4 members (excludes halogenated alkanes) is 5. The van der Waals surface area contributed by atoms with Crippen LogP contribution >= 0.6 is 0 Å². The Morgan fingerprint density at radius 2 is 1.92 bits per heavy atom. The molecule has 1 unspecified atom stereocenters. The molecule has 0 aromatic rings. The van der Waals surface area contributed by atoms with E-state index in [9.17, 15) is 14.7 Å². The zero-order valence-corrected chi connectivity index (χ0v) is 15.2. The molecule has 0 aliphatic carbocycles. The van der Waals surface area contributed by atoms with Crippen LogP contribution in [0.15, 0.2) is 0 Å². The van der Waals surface area contributed by atoms with Gasteiger partial charge < -0.3 is 15.1 Å². The van der Waals surface area contributed by atoms with Crippen LogP contribution in [0, 0.1) is 0 Å². The minimum Gasteiger partial charge on any atom is -0.481 e. The van der Waals surface area contributed by atoms with Gasteiger partial charge in [-0.3, -0.25) is 9.59 Å². The summed E-state index contributed by atoms with van der Waals surface area (Å²) < 4.78 is 0. The molecule has 0 aromatic heterocycles. The number of hydrogen-bond donors (Lipinski definition) is 2. The fraction of sp³-hybridized carbons (Fsp3) is 0.895. The second-order valence-corrected chi connectivity index (χ2v) is 7.06. The summed E-state index contributed by atoms with van der Waals surface area (Å²) in [6.07, 6.45) is 11.1. The van der Waals surface area contributed by atoms with Crippen molar-refractivity contribution in [3.8, 4) is 0 Å². The number of likely N-dealkylation sites (tertiary alicyclic amines) is 1. The van der Waals surface area contributed by atoms with Crippen molar-refractivity contribution in [2.45, 2.75) is 103 Å². The van der Waals surface area contributed by atoms with Crippen LogP contribution in [-0.4, -0.2) is 45.7 Å². The van der Waals surface area contributed by atoms with Crippen LogP contribution in [0.3, 0.4) is 0 Å². The molecule has 0 radical (unpaired) electrons. The Balaban J connectivity index is 2.19. The minimum absolute atomic E-state index is 0.231. The molecule has 2 N–H and O–H groups in total. The standard InChI is InChI=1S/C19H35NO4/c1-2-3-6-9-17(21)13-11-16-12-14-18(22)20(16)15-8-5-4-7-10-19(23)24/h16-17,21H,2-15H2,1H3,(H,23,24)/t16-,17?/m1/s1. The molecule has 1 fully saturated rings. The molecular formula is C19H35NO4. The molecule has 1 heterocycles. The van der Waals surface area contributed by atoms with Gasteiger partial charge in [0.15, 0.2) is 0 Å². The van der Waals surface area contributed by atoms with Crippen LogP contribution in [0.4, 0.5) is 0 Å². The molecule has 1 aliphatic rings. The molecule has 1 aliphatic heterocycles. The second-order valence-electron chi connectivity index (χ2n) is 7.06. The maximum atomic E-state index is 12.0. The van der Waals surface area contributed by atoms with Crippen molar-refractivity contribution >= 4 is 11.9 Å². The number of carboxylic acids is 1. The summed E-state index contributed by atoms with van der Waals surface area (Å²) in [7, 11) is 0. The summed E-state index contributed by atoms with van der Waals surface area (Å²) in [5.74, 6) is -0.492. The highest BCUT2D eigenvalue weighted by Gasteiger charge is 2.30. The SMILES string of the molecule is CCCCCC(O)CC[C@@H]1CCC(=O)N1CCCCCCC(=O)O. The summed E-state index contributed by atoms with van der Waals surface area (Å²) in [4.78, 5) is 24.5. The van der Waals surface area contributed by atoms with Crippen LogP contribution < -0.4 is 0 Å². The Labute approximate surface area is 146 Å². The van der Waals surface area contributed by atoms with Gasteiger partial charge in [0, 0.05) is 25.4 Å². The first-order valence-electron chi connectivity index (χ1n) is 9.74. The lowest BCUT2D eigenvalue weighted by atomic mass is 10.0. The summed E-state index contributed by atoms with van der Waals surface area (Å²) in [5, 5.41) is 18.7. The largest absolute Gasteiger partial charge is 0.481 e. The Kier molecular flexibility index (Phi) is 10.7. The van der Waals surface area contributed by atoms with Gasteiger partial charge in [-0.25, -0.2) is 0 Å². The number of carbonyl (C=O) groups excluding carboxylic acids is 1. The van der Waals surface area contributed by atoms with Gasteiger partial charge in [-0.2, -0.15) is 0 Å². The highest BCUT2D eigenvalue weighted by atomic mass is 16.4. The average Bonchev–Trinajstić information content (AvgIpc) is 2.89. The predicted octanol–water partition coefficient (Wildman–Crippen LogP) is 3.73. The second kappa shape index (κ2) is 12.3. The van der Waals surface area contributed by atoms with Crippen molar-refractivity contribution in [1.82, 2.24) is 4.90 Å². The first kappa shape index (κ1) is 20.9. The monoisotopic (exact) mass is 341 g/mol. The number of aliphatic hydroxyl groups is 1. The van der Waals surface area contributed by atoms with Crippen molar-refractivity contribution < 1.29 is 19.8 Å². The average molecular weight is 341 g/mol. The fourth-order valence-corrected chi connectivity index (χ4v) is 3.47. The van der Waals surface area contributed by atoms with E-state index in [4.69, 9.17) is 5.11 Å². The van der Waals surface area contributed by atoms with Gasteiger partial charge in [-0.15, -0.1) is 0 Å². The maximum Gasteiger partial charge on any atom is 0.303 e. The van der Waals surface area contributed by atoms with E-state index in [1.807, 2.05) is 4.90 Å². The van der Waals surface area contributed by atoms with Gasteiger partial charge in [0.05, 0.1) is 6.10 Å². The van der Waals surface area contributed by atoms with Crippen molar-refractivity contribution in [3.63, 3.8) is 0 Å². The Morgan fingerprint density at radius 3 is 2.62 bits per heavy atom. The van der Waals surface area contributed by atoms with Crippen molar-refractivity contribution in [2.24, 2.45) is 0 Å². The highest BCUT2D eigenvalue weighted by molar-refractivity contribution is 5.78. The summed E-state index contributed by atoms with van der Waals surface area (Å²) >= 11 is 0. The molecule has 140 valence electrons. The van der Waals surface area contributed by atoms with Gasteiger partial charge in [-0.05, 0) is 38.5 Å². The van der Waals surface area contributed by atoms with Crippen molar-refractivity contribution in [2.75, 3.05) is 6.54 Å². The molecule has 0 aromatic carbocycles. The van der Waals surface area contributed by atoms with Crippen LogP contribution in [0.2, 0.25) is 0 Å². The molecule has 5 heteroatoms. The number of aliphatic carboxylic acids is 1. The van der Waals surface area contributed by atoms with Crippen LogP contribution in [-0.2, 0) is 9.59 Å². The van der Waals surface area contributed by atoms with Crippen molar-refractivity contribution in [1.29, 1.82) is 0 Å². The lowest BCUT2D eigenvalue weighted by Crippen LogP contribution is -2.34. The third kappa shape index (κ3) is 8.67. The quantitative estimate of drug-likeness (QED) is 0.472. The van der Waals surface area contributed by atoms with Gasteiger partial charge >= 0.3 is 5.97 Å². The molecule has 0 spiro atoms. The first-order valence-corrected chi connectivity index (χ1v) is 9.74. The maximum absolute atomic E-state index is 12.0. The van der Waals surface area contributed by atoms with Crippen LogP contribution in [0.1, 0.15) is 90.4 Å². The van der Waals surface area contributed by atoms with E-state index in [1.54, 1.807) is 0 Å². The Morgan fingerprint density at radius 1 is 1.17 bits per heavy atom. The highest BCUT2D eigenvalue weighted by Crippen LogP contribution is 2.24. The number of nitrogens with zero attached hydrogens (tertiary/aromatic N) is 1. The van der Waals surface area contributed by atoms with Crippen LogP contribution in [0.5, 0.6) is 0 Å². The predicted molar refractivity (Wildman–Crippen MR) is 94.8 cm³/mol. The van der Waals surface area contributed by atoms with E-state index in [0.717, 1.165) is 64.3 Å². The van der Waals surface area contributed by atoms with E-state index in [-0.39, 0.29) is 24.5 Å². The van der Waals surface area contributed by atoms with Crippen molar-refractivity contribution in [3.05, 3.63) is 0 Å². The zero-order chi connectivity index (χ0) is 17.8. The van der Waals surface area contributed by atoms with Gasteiger partial charge in [0.2, 0.25) is 5.91 Å². The Bertz CT molecular complexity index is 372.